The quantitative estimate of drug-likeness (QED) is 0.787. The Morgan fingerprint density at radius 3 is 2.85 bits per heavy atom. The number of pyridine rings is 1. The van der Waals surface area contributed by atoms with E-state index in [1.165, 1.54) is 31.8 Å². The maximum Gasteiger partial charge on any atom is 0.339 e. The number of aromatic nitrogens is 2. The van der Waals surface area contributed by atoms with Crippen LogP contribution in [0.3, 0.4) is 0 Å². The highest BCUT2D eigenvalue weighted by Gasteiger charge is 2.19. The molecule has 20 heavy (non-hydrogen) atoms. The van der Waals surface area contributed by atoms with Crippen LogP contribution < -0.4 is 10.1 Å². The number of anilines is 1. The SMILES string of the molecule is COc1cnccc1C(=O)Nc1c[nH]c(C)c1C(=O)O. The minimum absolute atomic E-state index is 0.0337. The molecule has 2 aromatic heterocycles. The molecule has 0 aliphatic carbocycles. The summed E-state index contributed by atoms with van der Waals surface area (Å²) >= 11 is 0. The van der Waals surface area contributed by atoms with E-state index in [0.29, 0.717) is 11.4 Å². The third kappa shape index (κ3) is 2.46. The molecular weight excluding hydrogens is 262 g/mol. The van der Waals surface area contributed by atoms with Gasteiger partial charge in [0, 0.05) is 18.1 Å². The number of aromatic amines is 1. The molecule has 7 heteroatoms. The number of carbonyl (C=O) groups excluding carboxylic acids is 1. The van der Waals surface area contributed by atoms with E-state index in [9.17, 15) is 9.59 Å². The van der Waals surface area contributed by atoms with Crippen LogP contribution in [0.15, 0.2) is 24.7 Å². The Morgan fingerprint density at radius 2 is 2.20 bits per heavy atom. The lowest BCUT2D eigenvalue weighted by Gasteiger charge is -2.08. The van der Waals surface area contributed by atoms with Gasteiger partial charge in [-0.3, -0.25) is 9.78 Å². The van der Waals surface area contributed by atoms with Gasteiger partial charge >= 0.3 is 5.97 Å². The highest BCUT2D eigenvalue weighted by Crippen LogP contribution is 2.22. The van der Waals surface area contributed by atoms with Crippen molar-refractivity contribution in [2.75, 3.05) is 12.4 Å². The monoisotopic (exact) mass is 275 g/mol. The van der Waals surface area contributed by atoms with Crippen LogP contribution in [-0.4, -0.2) is 34.1 Å². The molecule has 0 aliphatic rings. The van der Waals surface area contributed by atoms with Crippen LogP contribution in [0.5, 0.6) is 5.75 Å². The molecule has 0 saturated heterocycles. The molecule has 2 heterocycles. The molecule has 0 saturated carbocycles. The van der Waals surface area contributed by atoms with E-state index in [-0.39, 0.29) is 16.8 Å². The first-order valence-electron chi connectivity index (χ1n) is 5.75. The molecule has 0 radical (unpaired) electrons. The van der Waals surface area contributed by atoms with E-state index in [4.69, 9.17) is 9.84 Å². The lowest BCUT2D eigenvalue weighted by Crippen LogP contribution is -2.15. The minimum Gasteiger partial charge on any atom is -0.494 e. The van der Waals surface area contributed by atoms with Crippen molar-refractivity contribution in [3.63, 3.8) is 0 Å². The topological polar surface area (TPSA) is 104 Å². The highest BCUT2D eigenvalue weighted by atomic mass is 16.5. The number of hydrogen-bond acceptors (Lipinski definition) is 4. The molecule has 0 spiro atoms. The number of ether oxygens (including phenoxy) is 1. The van der Waals surface area contributed by atoms with Gasteiger partial charge in [0.05, 0.1) is 24.6 Å². The molecule has 0 atom stereocenters. The zero-order valence-electron chi connectivity index (χ0n) is 10.9. The van der Waals surface area contributed by atoms with Crippen molar-refractivity contribution < 1.29 is 19.4 Å². The molecule has 1 amide bonds. The van der Waals surface area contributed by atoms with Gasteiger partial charge in [-0.05, 0) is 13.0 Å². The Hall–Kier alpha value is -2.83. The van der Waals surface area contributed by atoms with Crippen LogP contribution in [0.1, 0.15) is 26.4 Å². The number of carboxylic acid groups (broad SMARTS) is 1. The Bertz CT molecular complexity index is 663. The number of methoxy groups -OCH3 is 1. The molecule has 7 nitrogen and oxygen atoms in total. The lowest BCUT2D eigenvalue weighted by atomic mass is 10.2. The third-order valence-electron chi connectivity index (χ3n) is 2.79. The van der Waals surface area contributed by atoms with Crippen LogP contribution in [0.25, 0.3) is 0 Å². The third-order valence-corrected chi connectivity index (χ3v) is 2.79. The number of nitrogens with zero attached hydrogens (tertiary/aromatic N) is 1. The van der Waals surface area contributed by atoms with Crippen LogP contribution >= 0.6 is 0 Å². The predicted molar refractivity (Wildman–Crippen MR) is 71.2 cm³/mol. The fourth-order valence-electron chi connectivity index (χ4n) is 1.82. The maximum absolute atomic E-state index is 12.2. The van der Waals surface area contributed by atoms with Gasteiger partial charge in [0.25, 0.3) is 5.91 Å². The normalized spacial score (nSPS) is 10.1. The number of carbonyl (C=O) groups is 2. The number of aromatic carboxylic acids is 1. The van der Waals surface area contributed by atoms with Crippen molar-refractivity contribution >= 4 is 17.6 Å². The summed E-state index contributed by atoms with van der Waals surface area (Å²) in [7, 11) is 1.43. The first-order chi connectivity index (χ1) is 9.54. The molecule has 0 aliphatic heterocycles. The van der Waals surface area contributed by atoms with Gasteiger partial charge in [-0.2, -0.15) is 0 Å². The van der Waals surface area contributed by atoms with Crippen molar-refractivity contribution in [2.45, 2.75) is 6.92 Å². The fourth-order valence-corrected chi connectivity index (χ4v) is 1.82. The van der Waals surface area contributed by atoms with E-state index in [0.717, 1.165) is 0 Å². The molecular formula is C13H13N3O4. The van der Waals surface area contributed by atoms with Gasteiger partial charge in [0.1, 0.15) is 11.3 Å². The van der Waals surface area contributed by atoms with Crippen molar-refractivity contribution in [1.29, 1.82) is 0 Å². The standard InChI is InChI=1S/C13H13N3O4/c1-7-11(13(18)19)9(5-15-7)16-12(17)8-3-4-14-6-10(8)20-2/h3-6,15H,1-2H3,(H,16,17)(H,18,19). The number of carboxylic acids is 1. The highest BCUT2D eigenvalue weighted by molar-refractivity contribution is 6.09. The Labute approximate surface area is 114 Å². The molecule has 2 aromatic rings. The number of amides is 1. The fraction of sp³-hybridized carbons (Fsp3) is 0.154. The Kier molecular flexibility index (Phi) is 3.69. The molecule has 0 unspecified atom stereocenters. The van der Waals surface area contributed by atoms with E-state index >= 15 is 0 Å². The predicted octanol–water partition coefficient (Wildman–Crippen LogP) is 1.68. The smallest absolute Gasteiger partial charge is 0.339 e. The van der Waals surface area contributed by atoms with Gasteiger partial charge in [-0.15, -0.1) is 0 Å². The van der Waals surface area contributed by atoms with E-state index < -0.39 is 11.9 Å². The first-order valence-corrected chi connectivity index (χ1v) is 5.75. The summed E-state index contributed by atoms with van der Waals surface area (Å²) in [5, 5.41) is 11.7. The van der Waals surface area contributed by atoms with Crippen molar-refractivity contribution in [2.24, 2.45) is 0 Å². The summed E-state index contributed by atoms with van der Waals surface area (Å²) in [4.78, 5) is 29.9. The molecule has 0 bridgehead atoms. The summed E-state index contributed by atoms with van der Waals surface area (Å²) in [5.74, 6) is -1.26. The van der Waals surface area contributed by atoms with E-state index in [2.05, 4.69) is 15.3 Å². The van der Waals surface area contributed by atoms with Crippen molar-refractivity contribution in [3.8, 4) is 5.75 Å². The lowest BCUT2D eigenvalue weighted by molar-refractivity contribution is 0.0697. The summed E-state index contributed by atoms with van der Waals surface area (Å²) in [6.07, 6.45) is 4.30. The summed E-state index contributed by atoms with van der Waals surface area (Å²) in [6.45, 7) is 1.62. The summed E-state index contributed by atoms with van der Waals surface area (Å²) in [6, 6.07) is 1.49. The van der Waals surface area contributed by atoms with Gasteiger partial charge in [0.2, 0.25) is 0 Å². The maximum atomic E-state index is 12.2. The Morgan fingerprint density at radius 1 is 1.45 bits per heavy atom. The number of nitrogens with one attached hydrogen (secondary N) is 2. The summed E-state index contributed by atoms with van der Waals surface area (Å²) < 4.78 is 5.04. The van der Waals surface area contributed by atoms with Gasteiger partial charge in [-0.25, -0.2) is 4.79 Å². The molecule has 2 rings (SSSR count). The van der Waals surface area contributed by atoms with Crippen LogP contribution in [0.4, 0.5) is 5.69 Å². The van der Waals surface area contributed by atoms with E-state index in [1.54, 1.807) is 6.92 Å². The number of aryl methyl sites for hydroxylation is 1. The Balaban J connectivity index is 2.31. The second-order valence-electron chi connectivity index (χ2n) is 4.04. The molecule has 0 fully saturated rings. The zero-order valence-corrected chi connectivity index (χ0v) is 10.9. The number of rotatable bonds is 4. The second kappa shape index (κ2) is 5.43. The first kappa shape index (κ1) is 13.6. The number of H-pyrrole nitrogens is 1. The second-order valence-corrected chi connectivity index (χ2v) is 4.04. The van der Waals surface area contributed by atoms with Crippen LogP contribution in [0.2, 0.25) is 0 Å². The zero-order chi connectivity index (χ0) is 14.7. The van der Waals surface area contributed by atoms with Crippen molar-refractivity contribution in [3.05, 3.63) is 41.5 Å². The molecule has 104 valence electrons. The van der Waals surface area contributed by atoms with Crippen molar-refractivity contribution in [1.82, 2.24) is 9.97 Å². The molecule has 3 N–H and O–H groups in total. The van der Waals surface area contributed by atoms with Crippen LogP contribution in [-0.2, 0) is 0 Å². The number of hydrogen-bond donors (Lipinski definition) is 3. The van der Waals surface area contributed by atoms with Gasteiger partial charge in [0.15, 0.2) is 0 Å². The van der Waals surface area contributed by atoms with E-state index in [1.807, 2.05) is 0 Å². The minimum atomic E-state index is -1.11. The van der Waals surface area contributed by atoms with Gasteiger partial charge in [-0.1, -0.05) is 0 Å². The average Bonchev–Trinajstić information content (AvgIpc) is 2.79. The largest absolute Gasteiger partial charge is 0.494 e. The average molecular weight is 275 g/mol. The molecule has 0 aromatic carbocycles. The summed E-state index contributed by atoms with van der Waals surface area (Å²) in [5.41, 5.74) is 0.984. The van der Waals surface area contributed by atoms with Gasteiger partial charge < -0.3 is 20.1 Å². The van der Waals surface area contributed by atoms with Crippen LogP contribution in [0, 0.1) is 6.92 Å².